The molecular weight excluding hydrogens is 248 g/mol. The minimum atomic E-state index is 0.839. The van der Waals surface area contributed by atoms with E-state index in [1.54, 1.807) is 0 Å². The van der Waals surface area contributed by atoms with Gasteiger partial charge in [0.05, 0.1) is 6.20 Å². The van der Waals surface area contributed by atoms with Crippen molar-refractivity contribution in [2.75, 3.05) is 20.1 Å². The molecule has 0 amide bonds. The molecule has 1 N–H and O–H groups in total. The highest BCUT2D eigenvalue weighted by Gasteiger charge is 2.16. The highest BCUT2D eigenvalue weighted by Crippen LogP contribution is 2.21. The topological polar surface area (TPSA) is 33.1 Å². The quantitative estimate of drug-likeness (QED) is 0.742. The molecule has 1 heterocycles. The minimum Gasteiger partial charge on any atom is -0.313 e. The summed E-state index contributed by atoms with van der Waals surface area (Å²) in [5.41, 5.74) is 1.28. The van der Waals surface area contributed by atoms with E-state index in [-0.39, 0.29) is 0 Å². The number of aryl methyl sites for hydroxylation is 1. The second-order valence-electron chi connectivity index (χ2n) is 6.01. The molecule has 1 aliphatic rings. The average molecular weight is 278 g/mol. The van der Waals surface area contributed by atoms with Gasteiger partial charge in [0.2, 0.25) is 0 Å². The van der Waals surface area contributed by atoms with Gasteiger partial charge in [-0.3, -0.25) is 4.68 Å². The zero-order valence-corrected chi connectivity index (χ0v) is 13.1. The van der Waals surface area contributed by atoms with Gasteiger partial charge in [-0.1, -0.05) is 19.3 Å². The first kappa shape index (κ1) is 15.5. The van der Waals surface area contributed by atoms with Crippen LogP contribution in [0.1, 0.15) is 51.0 Å². The molecule has 4 nitrogen and oxygen atoms in total. The second kappa shape index (κ2) is 8.42. The normalized spacial score (nSPS) is 16.9. The number of nitrogens with one attached hydrogen (secondary N) is 1. The molecule has 4 heteroatoms. The molecule has 0 saturated heterocycles. The summed E-state index contributed by atoms with van der Waals surface area (Å²) in [5, 5.41) is 7.81. The van der Waals surface area contributed by atoms with Crippen LogP contribution in [0.15, 0.2) is 12.4 Å². The van der Waals surface area contributed by atoms with Crippen molar-refractivity contribution in [2.45, 2.75) is 64.6 Å². The van der Waals surface area contributed by atoms with Gasteiger partial charge < -0.3 is 10.2 Å². The Bertz CT molecular complexity index is 368. The minimum absolute atomic E-state index is 0.839. The average Bonchev–Trinajstić information content (AvgIpc) is 2.95. The summed E-state index contributed by atoms with van der Waals surface area (Å²) in [6.45, 7) is 6.31. The highest BCUT2D eigenvalue weighted by atomic mass is 15.3. The SMILES string of the molecule is CCn1cc(CNCCCN(C)C2CCCCC2)cn1. The number of rotatable bonds is 8. The monoisotopic (exact) mass is 278 g/mol. The summed E-state index contributed by atoms with van der Waals surface area (Å²) < 4.78 is 1.98. The fourth-order valence-corrected chi connectivity index (χ4v) is 3.06. The molecule has 1 aromatic heterocycles. The maximum atomic E-state index is 4.29. The van der Waals surface area contributed by atoms with Crippen molar-refractivity contribution >= 4 is 0 Å². The number of nitrogens with zero attached hydrogens (tertiary/aromatic N) is 3. The van der Waals surface area contributed by atoms with E-state index in [4.69, 9.17) is 0 Å². The molecule has 0 radical (unpaired) electrons. The Morgan fingerprint density at radius 1 is 1.35 bits per heavy atom. The van der Waals surface area contributed by atoms with Gasteiger partial charge in [-0.05, 0) is 46.3 Å². The van der Waals surface area contributed by atoms with Gasteiger partial charge in [0.25, 0.3) is 0 Å². The zero-order chi connectivity index (χ0) is 14.2. The van der Waals surface area contributed by atoms with Gasteiger partial charge in [0, 0.05) is 30.9 Å². The third-order valence-corrected chi connectivity index (χ3v) is 4.40. The Balaban J connectivity index is 1.54. The van der Waals surface area contributed by atoms with E-state index in [0.29, 0.717) is 0 Å². The molecule has 0 unspecified atom stereocenters. The van der Waals surface area contributed by atoms with Crippen molar-refractivity contribution in [3.05, 3.63) is 18.0 Å². The van der Waals surface area contributed by atoms with Gasteiger partial charge in [0.1, 0.15) is 0 Å². The lowest BCUT2D eigenvalue weighted by Gasteiger charge is -2.31. The Hall–Kier alpha value is -0.870. The second-order valence-corrected chi connectivity index (χ2v) is 6.01. The Morgan fingerprint density at radius 3 is 2.85 bits per heavy atom. The first-order valence-corrected chi connectivity index (χ1v) is 8.22. The Labute approximate surface area is 123 Å². The lowest BCUT2D eigenvalue weighted by molar-refractivity contribution is 0.189. The number of hydrogen-bond donors (Lipinski definition) is 1. The van der Waals surface area contributed by atoms with Gasteiger partial charge in [0.15, 0.2) is 0 Å². The van der Waals surface area contributed by atoms with Crippen molar-refractivity contribution in [2.24, 2.45) is 0 Å². The van der Waals surface area contributed by atoms with E-state index in [0.717, 1.165) is 25.7 Å². The summed E-state index contributed by atoms with van der Waals surface area (Å²) in [6, 6.07) is 0.839. The third-order valence-electron chi connectivity index (χ3n) is 4.40. The summed E-state index contributed by atoms with van der Waals surface area (Å²) in [5.74, 6) is 0. The van der Waals surface area contributed by atoms with Crippen LogP contribution in [-0.2, 0) is 13.1 Å². The smallest absolute Gasteiger partial charge is 0.0534 e. The van der Waals surface area contributed by atoms with Crippen LogP contribution in [-0.4, -0.2) is 40.9 Å². The molecule has 20 heavy (non-hydrogen) atoms. The summed E-state index contributed by atoms with van der Waals surface area (Å²) in [7, 11) is 2.29. The number of aromatic nitrogens is 2. The van der Waals surface area contributed by atoms with E-state index in [1.165, 1.54) is 50.6 Å². The maximum Gasteiger partial charge on any atom is 0.0534 e. The Kier molecular flexibility index (Phi) is 6.54. The van der Waals surface area contributed by atoms with Gasteiger partial charge in [-0.25, -0.2) is 0 Å². The summed E-state index contributed by atoms with van der Waals surface area (Å²) >= 11 is 0. The molecular formula is C16H30N4. The first-order valence-electron chi connectivity index (χ1n) is 8.22. The van der Waals surface area contributed by atoms with Crippen LogP contribution in [0.2, 0.25) is 0 Å². The molecule has 1 aromatic rings. The molecule has 0 bridgehead atoms. The molecule has 0 atom stereocenters. The van der Waals surface area contributed by atoms with Crippen molar-refractivity contribution in [1.29, 1.82) is 0 Å². The number of hydrogen-bond acceptors (Lipinski definition) is 3. The molecule has 1 saturated carbocycles. The van der Waals surface area contributed by atoms with E-state index < -0.39 is 0 Å². The van der Waals surface area contributed by atoms with Gasteiger partial charge in [-0.15, -0.1) is 0 Å². The summed E-state index contributed by atoms with van der Waals surface area (Å²) in [6.07, 6.45) is 12.4. The Morgan fingerprint density at radius 2 is 2.15 bits per heavy atom. The highest BCUT2D eigenvalue weighted by molar-refractivity contribution is 5.02. The van der Waals surface area contributed by atoms with E-state index in [9.17, 15) is 0 Å². The lowest BCUT2D eigenvalue weighted by atomic mass is 9.94. The molecule has 2 rings (SSSR count). The van der Waals surface area contributed by atoms with E-state index in [1.807, 2.05) is 10.9 Å². The molecule has 0 spiro atoms. The predicted molar refractivity (Wildman–Crippen MR) is 83.7 cm³/mol. The molecule has 114 valence electrons. The predicted octanol–water partition coefficient (Wildman–Crippen LogP) is 2.65. The van der Waals surface area contributed by atoms with Crippen LogP contribution in [0.5, 0.6) is 0 Å². The van der Waals surface area contributed by atoms with Crippen molar-refractivity contribution in [3.8, 4) is 0 Å². The largest absolute Gasteiger partial charge is 0.313 e. The molecule has 1 aliphatic carbocycles. The van der Waals surface area contributed by atoms with Crippen LogP contribution in [0, 0.1) is 0 Å². The van der Waals surface area contributed by atoms with Crippen LogP contribution in [0.3, 0.4) is 0 Å². The zero-order valence-electron chi connectivity index (χ0n) is 13.1. The van der Waals surface area contributed by atoms with Gasteiger partial charge in [-0.2, -0.15) is 5.10 Å². The van der Waals surface area contributed by atoms with Crippen LogP contribution >= 0.6 is 0 Å². The molecule has 0 aromatic carbocycles. The molecule has 0 aliphatic heterocycles. The van der Waals surface area contributed by atoms with E-state index in [2.05, 4.69) is 35.5 Å². The maximum absolute atomic E-state index is 4.29. The van der Waals surface area contributed by atoms with Crippen molar-refractivity contribution < 1.29 is 0 Å². The van der Waals surface area contributed by atoms with Crippen molar-refractivity contribution in [1.82, 2.24) is 20.0 Å². The van der Waals surface area contributed by atoms with Crippen LogP contribution in [0.4, 0.5) is 0 Å². The fraction of sp³-hybridized carbons (Fsp3) is 0.812. The molecule has 1 fully saturated rings. The first-order chi connectivity index (χ1) is 9.79. The lowest BCUT2D eigenvalue weighted by Crippen LogP contribution is -2.35. The third kappa shape index (κ3) is 4.91. The van der Waals surface area contributed by atoms with Gasteiger partial charge >= 0.3 is 0 Å². The fourth-order valence-electron chi connectivity index (χ4n) is 3.06. The summed E-state index contributed by atoms with van der Waals surface area (Å²) in [4.78, 5) is 2.57. The van der Waals surface area contributed by atoms with Crippen LogP contribution < -0.4 is 5.32 Å². The standard InChI is InChI=1S/C16H30N4/c1-3-20-14-15(13-18-20)12-17-10-7-11-19(2)16-8-5-4-6-9-16/h13-14,16-17H,3-12H2,1-2H3. The van der Waals surface area contributed by atoms with E-state index >= 15 is 0 Å². The van der Waals surface area contributed by atoms with Crippen LogP contribution in [0.25, 0.3) is 0 Å². The van der Waals surface area contributed by atoms with Crippen molar-refractivity contribution in [3.63, 3.8) is 0 Å².